The lowest BCUT2D eigenvalue weighted by Crippen LogP contribution is -2.38. The normalized spacial score (nSPS) is 21.5. The van der Waals surface area contributed by atoms with Crippen molar-refractivity contribution >= 4 is 11.9 Å². The van der Waals surface area contributed by atoms with Gasteiger partial charge in [0.15, 0.2) is 12.0 Å². The van der Waals surface area contributed by atoms with Gasteiger partial charge in [0.1, 0.15) is 0 Å². The van der Waals surface area contributed by atoms with Crippen LogP contribution in [-0.2, 0) is 20.7 Å². The number of aryl methyl sites for hydroxylation is 1. The Morgan fingerprint density at radius 3 is 2.72 bits per heavy atom. The highest BCUT2D eigenvalue weighted by atomic mass is 16.5. The molecule has 5 nitrogen and oxygen atoms in total. The Morgan fingerprint density at radius 1 is 1.20 bits per heavy atom. The number of fused-ring (bicyclic) bond motifs is 1. The Morgan fingerprint density at radius 2 is 1.96 bits per heavy atom. The van der Waals surface area contributed by atoms with Gasteiger partial charge in [0.25, 0.3) is 5.91 Å². The maximum atomic E-state index is 12.3. The maximum Gasteiger partial charge on any atom is 0.326 e. The molecule has 3 rings (SSSR count). The van der Waals surface area contributed by atoms with Crippen LogP contribution in [0.2, 0.25) is 0 Å². The molecule has 0 bridgehead atoms. The van der Waals surface area contributed by atoms with E-state index in [-0.39, 0.29) is 18.6 Å². The van der Waals surface area contributed by atoms with Crippen molar-refractivity contribution in [2.45, 2.75) is 57.4 Å². The minimum Gasteiger partial charge on any atom is -0.454 e. The molecule has 1 atom stereocenters. The molecule has 1 saturated carbocycles. The Labute approximate surface area is 148 Å². The summed E-state index contributed by atoms with van der Waals surface area (Å²) < 4.78 is 5.19. The zero-order valence-electron chi connectivity index (χ0n) is 14.4. The summed E-state index contributed by atoms with van der Waals surface area (Å²) in [6, 6.07) is 10.2. The first-order valence-electron chi connectivity index (χ1n) is 9.10. The van der Waals surface area contributed by atoms with Gasteiger partial charge in [-0.15, -0.1) is 0 Å². The molecule has 1 aromatic carbocycles. The van der Waals surface area contributed by atoms with Crippen LogP contribution >= 0.6 is 0 Å². The van der Waals surface area contributed by atoms with Crippen LogP contribution in [0, 0.1) is 16.7 Å². The van der Waals surface area contributed by atoms with E-state index in [2.05, 4.69) is 17.5 Å². The average Bonchev–Trinajstić information content (AvgIpc) is 2.67. The predicted molar refractivity (Wildman–Crippen MR) is 92.4 cm³/mol. The van der Waals surface area contributed by atoms with Crippen LogP contribution in [0.4, 0.5) is 0 Å². The molecule has 0 spiro atoms. The van der Waals surface area contributed by atoms with E-state index in [9.17, 15) is 14.9 Å². The minimum atomic E-state index is -1.06. The van der Waals surface area contributed by atoms with Gasteiger partial charge in [-0.25, -0.2) is 0 Å². The van der Waals surface area contributed by atoms with Crippen molar-refractivity contribution in [1.29, 1.82) is 5.26 Å². The minimum absolute atomic E-state index is 0.0317. The van der Waals surface area contributed by atoms with Crippen molar-refractivity contribution in [3.8, 4) is 6.07 Å². The van der Waals surface area contributed by atoms with Crippen LogP contribution in [0.15, 0.2) is 24.3 Å². The molecule has 2 aliphatic rings. The maximum absolute atomic E-state index is 12.3. The zero-order chi connectivity index (χ0) is 17.7. The van der Waals surface area contributed by atoms with Crippen molar-refractivity contribution in [3.05, 3.63) is 35.4 Å². The summed E-state index contributed by atoms with van der Waals surface area (Å²) >= 11 is 0. The lowest BCUT2D eigenvalue weighted by atomic mass is 9.75. The molecule has 5 heteroatoms. The Bertz CT molecular complexity index is 686. The van der Waals surface area contributed by atoms with Gasteiger partial charge >= 0.3 is 5.97 Å². The fraction of sp³-hybridized carbons (Fsp3) is 0.550. The monoisotopic (exact) mass is 340 g/mol. The first-order valence-corrected chi connectivity index (χ1v) is 9.10. The number of nitriles is 1. The number of hydrogen-bond acceptors (Lipinski definition) is 4. The van der Waals surface area contributed by atoms with E-state index in [1.807, 2.05) is 18.2 Å². The van der Waals surface area contributed by atoms with E-state index >= 15 is 0 Å². The second-order valence-electron chi connectivity index (χ2n) is 7.04. The quantitative estimate of drug-likeness (QED) is 0.854. The first kappa shape index (κ1) is 17.5. The highest BCUT2D eigenvalue weighted by molar-refractivity contribution is 5.84. The molecule has 0 radical (unpaired) electrons. The number of ether oxygens (including phenoxy) is 1. The second-order valence-corrected chi connectivity index (χ2v) is 7.04. The summed E-state index contributed by atoms with van der Waals surface area (Å²) in [5.41, 5.74) is 1.35. The molecular weight excluding hydrogens is 316 g/mol. The van der Waals surface area contributed by atoms with Crippen molar-refractivity contribution in [2.24, 2.45) is 5.41 Å². The number of nitrogens with one attached hydrogen (secondary N) is 1. The third-order valence-corrected chi connectivity index (χ3v) is 5.35. The summed E-state index contributed by atoms with van der Waals surface area (Å²) in [4.78, 5) is 24.6. The van der Waals surface area contributed by atoms with Crippen molar-refractivity contribution in [2.75, 3.05) is 6.61 Å². The molecule has 0 heterocycles. The van der Waals surface area contributed by atoms with Gasteiger partial charge in [0, 0.05) is 0 Å². The topological polar surface area (TPSA) is 79.2 Å². The van der Waals surface area contributed by atoms with E-state index in [4.69, 9.17) is 4.74 Å². The molecular formula is C20H24N2O3. The highest BCUT2D eigenvalue weighted by Crippen LogP contribution is 2.36. The smallest absolute Gasteiger partial charge is 0.326 e. The van der Waals surface area contributed by atoms with Gasteiger partial charge in [0.05, 0.1) is 12.1 Å². The standard InChI is InChI=1S/C20H24N2O3/c21-14-20(11-4-1-5-12-20)19(24)25-13-18(23)22-17-10-6-8-15-7-2-3-9-16(15)17/h2-3,7,9,17H,1,4-6,8,10-13H2,(H,22,23). The van der Waals surface area contributed by atoms with Crippen LogP contribution in [0.5, 0.6) is 0 Å². The number of nitrogens with zero attached hydrogens (tertiary/aromatic N) is 1. The molecule has 1 fully saturated rings. The Hall–Kier alpha value is -2.35. The van der Waals surface area contributed by atoms with Gasteiger partial charge in [-0.1, -0.05) is 43.5 Å². The molecule has 1 N–H and O–H groups in total. The van der Waals surface area contributed by atoms with Gasteiger partial charge in [-0.2, -0.15) is 5.26 Å². The number of rotatable bonds is 4. The van der Waals surface area contributed by atoms with Gasteiger partial charge in [-0.3, -0.25) is 9.59 Å². The van der Waals surface area contributed by atoms with Gasteiger partial charge < -0.3 is 10.1 Å². The lowest BCUT2D eigenvalue weighted by Gasteiger charge is -2.28. The molecule has 0 aromatic heterocycles. The Balaban J connectivity index is 1.55. The van der Waals surface area contributed by atoms with Gasteiger partial charge in [-0.05, 0) is 43.2 Å². The molecule has 1 aromatic rings. The lowest BCUT2D eigenvalue weighted by molar-refractivity contribution is -0.157. The number of amides is 1. The fourth-order valence-electron chi connectivity index (χ4n) is 3.93. The van der Waals surface area contributed by atoms with Crippen molar-refractivity contribution < 1.29 is 14.3 Å². The van der Waals surface area contributed by atoms with E-state index < -0.39 is 11.4 Å². The number of esters is 1. The number of carbonyl (C=O) groups excluding carboxylic acids is 2. The summed E-state index contributed by atoms with van der Waals surface area (Å²) in [5, 5.41) is 12.4. The molecule has 132 valence electrons. The van der Waals surface area contributed by atoms with E-state index in [1.165, 1.54) is 5.56 Å². The van der Waals surface area contributed by atoms with Crippen LogP contribution in [0.1, 0.15) is 62.1 Å². The van der Waals surface area contributed by atoms with Crippen LogP contribution in [0.3, 0.4) is 0 Å². The Kier molecular flexibility index (Phi) is 5.37. The number of carbonyl (C=O) groups is 2. The second kappa shape index (κ2) is 7.69. The molecule has 0 saturated heterocycles. The SMILES string of the molecule is N#CC1(C(=O)OCC(=O)NC2CCCc3ccccc32)CCCCC1. The molecule has 25 heavy (non-hydrogen) atoms. The van der Waals surface area contributed by atoms with E-state index in [0.717, 1.165) is 44.1 Å². The summed E-state index contributed by atoms with van der Waals surface area (Å²) in [7, 11) is 0. The molecule has 1 amide bonds. The fourth-order valence-corrected chi connectivity index (χ4v) is 3.93. The third kappa shape index (κ3) is 3.84. The molecule has 1 unspecified atom stereocenters. The van der Waals surface area contributed by atoms with E-state index in [1.54, 1.807) is 0 Å². The summed E-state index contributed by atoms with van der Waals surface area (Å²) in [5.74, 6) is -0.854. The summed E-state index contributed by atoms with van der Waals surface area (Å²) in [6.07, 6.45) is 6.75. The van der Waals surface area contributed by atoms with Crippen LogP contribution < -0.4 is 5.32 Å². The average molecular weight is 340 g/mol. The van der Waals surface area contributed by atoms with Crippen molar-refractivity contribution in [1.82, 2.24) is 5.32 Å². The highest BCUT2D eigenvalue weighted by Gasteiger charge is 2.41. The molecule has 0 aliphatic heterocycles. The number of benzene rings is 1. The van der Waals surface area contributed by atoms with Gasteiger partial charge in [0.2, 0.25) is 0 Å². The van der Waals surface area contributed by atoms with Crippen LogP contribution in [-0.4, -0.2) is 18.5 Å². The van der Waals surface area contributed by atoms with Crippen molar-refractivity contribution in [3.63, 3.8) is 0 Å². The summed E-state index contributed by atoms with van der Waals surface area (Å²) in [6.45, 7) is -0.319. The number of hydrogen-bond donors (Lipinski definition) is 1. The van der Waals surface area contributed by atoms with E-state index in [0.29, 0.717) is 12.8 Å². The third-order valence-electron chi connectivity index (χ3n) is 5.35. The largest absolute Gasteiger partial charge is 0.454 e. The molecule has 2 aliphatic carbocycles. The van der Waals surface area contributed by atoms with Crippen LogP contribution in [0.25, 0.3) is 0 Å². The first-order chi connectivity index (χ1) is 12.1. The zero-order valence-corrected chi connectivity index (χ0v) is 14.4. The predicted octanol–water partition coefficient (Wildman–Crippen LogP) is 3.20.